The molecular weight excluding hydrogens is 338 g/mol. The van der Waals surface area contributed by atoms with Crippen molar-refractivity contribution in [1.29, 1.82) is 0 Å². The van der Waals surface area contributed by atoms with E-state index >= 15 is 0 Å². The van der Waals surface area contributed by atoms with Crippen LogP contribution >= 0.6 is 0 Å². The average molecular weight is 356 g/mol. The van der Waals surface area contributed by atoms with E-state index in [1.807, 2.05) is 31.2 Å². The summed E-state index contributed by atoms with van der Waals surface area (Å²) in [6.07, 6.45) is 1.54. The summed E-state index contributed by atoms with van der Waals surface area (Å²) in [5.74, 6) is -2.22. The van der Waals surface area contributed by atoms with Crippen molar-refractivity contribution in [2.75, 3.05) is 7.05 Å². The number of hydrogen-bond acceptors (Lipinski definition) is 3. The SMILES string of the molecule is Cc1ccc(-n2cc(C(=O)N(C)C(C)c3ccc(F)c(F)c3)nn2)cc1. The van der Waals surface area contributed by atoms with Crippen molar-refractivity contribution in [2.45, 2.75) is 19.9 Å². The molecule has 1 heterocycles. The van der Waals surface area contributed by atoms with Crippen molar-refractivity contribution < 1.29 is 13.6 Å². The zero-order valence-electron chi connectivity index (χ0n) is 14.6. The highest BCUT2D eigenvalue weighted by atomic mass is 19.2. The quantitative estimate of drug-likeness (QED) is 0.716. The lowest BCUT2D eigenvalue weighted by atomic mass is 10.1. The van der Waals surface area contributed by atoms with Gasteiger partial charge in [0.25, 0.3) is 5.91 Å². The lowest BCUT2D eigenvalue weighted by Crippen LogP contribution is -2.30. The first kappa shape index (κ1) is 17.7. The van der Waals surface area contributed by atoms with Crippen molar-refractivity contribution in [3.8, 4) is 5.69 Å². The Bertz CT molecular complexity index is 937. The molecule has 5 nitrogen and oxygen atoms in total. The van der Waals surface area contributed by atoms with E-state index in [2.05, 4.69) is 10.3 Å². The molecule has 0 aliphatic carbocycles. The number of carbonyl (C=O) groups excluding carboxylic acids is 1. The zero-order chi connectivity index (χ0) is 18.8. The van der Waals surface area contributed by atoms with Crippen LogP contribution in [0.15, 0.2) is 48.7 Å². The molecule has 134 valence electrons. The van der Waals surface area contributed by atoms with Crippen molar-refractivity contribution >= 4 is 5.91 Å². The van der Waals surface area contributed by atoms with E-state index in [9.17, 15) is 13.6 Å². The maximum absolute atomic E-state index is 13.4. The Morgan fingerprint density at radius 2 is 1.81 bits per heavy atom. The van der Waals surface area contributed by atoms with E-state index in [0.717, 1.165) is 23.4 Å². The number of nitrogens with zero attached hydrogens (tertiary/aromatic N) is 4. The molecule has 0 radical (unpaired) electrons. The summed E-state index contributed by atoms with van der Waals surface area (Å²) >= 11 is 0. The second-order valence-corrected chi connectivity index (χ2v) is 6.15. The molecule has 1 amide bonds. The molecule has 1 unspecified atom stereocenters. The lowest BCUT2D eigenvalue weighted by molar-refractivity contribution is 0.0736. The van der Waals surface area contributed by atoms with Gasteiger partial charge in [-0.3, -0.25) is 4.79 Å². The summed E-state index contributed by atoms with van der Waals surface area (Å²) in [6, 6.07) is 10.8. The van der Waals surface area contributed by atoms with Crippen molar-refractivity contribution in [3.05, 3.63) is 77.1 Å². The van der Waals surface area contributed by atoms with E-state index in [1.165, 1.54) is 15.6 Å². The summed E-state index contributed by atoms with van der Waals surface area (Å²) in [5, 5.41) is 7.92. The Hall–Kier alpha value is -3.09. The van der Waals surface area contributed by atoms with Gasteiger partial charge >= 0.3 is 0 Å². The van der Waals surface area contributed by atoms with Gasteiger partial charge in [0.15, 0.2) is 17.3 Å². The van der Waals surface area contributed by atoms with Gasteiger partial charge in [0.2, 0.25) is 0 Å². The van der Waals surface area contributed by atoms with Gasteiger partial charge in [-0.1, -0.05) is 29.0 Å². The van der Waals surface area contributed by atoms with Crippen LogP contribution < -0.4 is 0 Å². The van der Waals surface area contributed by atoms with Crippen LogP contribution in [-0.2, 0) is 0 Å². The summed E-state index contributed by atoms with van der Waals surface area (Å²) in [5.41, 5.74) is 2.57. The molecule has 0 aliphatic heterocycles. The van der Waals surface area contributed by atoms with Gasteiger partial charge in [0.05, 0.1) is 17.9 Å². The fraction of sp³-hybridized carbons (Fsp3) is 0.211. The fourth-order valence-electron chi connectivity index (χ4n) is 2.54. The topological polar surface area (TPSA) is 51.0 Å². The highest BCUT2D eigenvalue weighted by Gasteiger charge is 2.22. The summed E-state index contributed by atoms with van der Waals surface area (Å²) in [6.45, 7) is 3.71. The van der Waals surface area contributed by atoms with Gasteiger partial charge in [0.1, 0.15) is 0 Å². The van der Waals surface area contributed by atoms with Crippen molar-refractivity contribution in [1.82, 2.24) is 19.9 Å². The maximum atomic E-state index is 13.4. The third kappa shape index (κ3) is 3.46. The van der Waals surface area contributed by atoms with Gasteiger partial charge in [-0.05, 0) is 43.7 Å². The van der Waals surface area contributed by atoms with Crippen LogP contribution in [0.2, 0.25) is 0 Å². The van der Waals surface area contributed by atoms with E-state index in [0.29, 0.717) is 5.56 Å². The summed E-state index contributed by atoms with van der Waals surface area (Å²) < 4.78 is 28.1. The number of rotatable bonds is 4. The summed E-state index contributed by atoms with van der Waals surface area (Å²) in [7, 11) is 1.58. The molecule has 7 heteroatoms. The number of benzene rings is 2. The summed E-state index contributed by atoms with van der Waals surface area (Å²) in [4.78, 5) is 14.1. The van der Waals surface area contributed by atoms with Crippen molar-refractivity contribution in [2.24, 2.45) is 0 Å². The number of aryl methyl sites for hydroxylation is 1. The Morgan fingerprint density at radius 1 is 1.12 bits per heavy atom. The largest absolute Gasteiger partial charge is 0.334 e. The molecular formula is C19H18F2N4O. The van der Waals surface area contributed by atoms with Gasteiger partial charge in [-0.25, -0.2) is 13.5 Å². The first-order valence-corrected chi connectivity index (χ1v) is 8.08. The third-order valence-electron chi connectivity index (χ3n) is 4.34. The van der Waals surface area contributed by atoms with E-state index in [1.54, 1.807) is 20.2 Å². The van der Waals surface area contributed by atoms with E-state index in [-0.39, 0.29) is 11.6 Å². The number of aromatic nitrogens is 3. The zero-order valence-corrected chi connectivity index (χ0v) is 14.6. The molecule has 0 spiro atoms. The molecule has 0 saturated carbocycles. The second-order valence-electron chi connectivity index (χ2n) is 6.15. The van der Waals surface area contributed by atoms with Crippen LogP contribution in [0.25, 0.3) is 5.69 Å². The first-order chi connectivity index (χ1) is 12.4. The Kier molecular flexibility index (Phi) is 4.79. The molecule has 0 fully saturated rings. The molecule has 0 saturated heterocycles. The fourth-order valence-corrected chi connectivity index (χ4v) is 2.54. The molecule has 1 aromatic heterocycles. The van der Waals surface area contributed by atoms with Gasteiger partial charge in [-0.2, -0.15) is 0 Å². The minimum atomic E-state index is -0.944. The van der Waals surface area contributed by atoms with Crippen LogP contribution in [0.4, 0.5) is 8.78 Å². The predicted octanol–water partition coefficient (Wildman–Crippen LogP) is 3.69. The molecule has 2 aromatic carbocycles. The van der Waals surface area contributed by atoms with Gasteiger partial charge in [0, 0.05) is 7.05 Å². The molecule has 0 N–H and O–H groups in total. The predicted molar refractivity (Wildman–Crippen MR) is 93.0 cm³/mol. The standard InChI is InChI=1S/C19H18F2N4O/c1-12-4-7-15(8-5-12)25-11-18(22-23-25)19(26)24(3)13(2)14-6-9-16(20)17(21)10-14/h4-11,13H,1-3H3. The smallest absolute Gasteiger partial charge is 0.276 e. The Morgan fingerprint density at radius 3 is 2.46 bits per heavy atom. The highest BCUT2D eigenvalue weighted by molar-refractivity contribution is 5.92. The van der Waals surface area contributed by atoms with Crippen LogP contribution in [0.3, 0.4) is 0 Å². The monoisotopic (exact) mass is 356 g/mol. The van der Waals surface area contributed by atoms with E-state index in [4.69, 9.17) is 0 Å². The lowest BCUT2D eigenvalue weighted by Gasteiger charge is -2.24. The third-order valence-corrected chi connectivity index (χ3v) is 4.34. The average Bonchev–Trinajstić information content (AvgIpc) is 3.13. The maximum Gasteiger partial charge on any atom is 0.276 e. The molecule has 0 aliphatic rings. The Labute approximate surface area is 149 Å². The number of halogens is 2. The van der Waals surface area contributed by atoms with Crippen LogP contribution in [0.1, 0.15) is 34.6 Å². The highest BCUT2D eigenvalue weighted by Crippen LogP contribution is 2.22. The van der Waals surface area contributed by atoms with E-state index < -0.39 is 17.7 Å². The van der Waals surface area contributed by atoms with Crippen molar-refractivity contribution in [3.63, 3.8) is 0 Å². The molecule has 0 bridgehead atoms. The molecule has 1 atom stereocenters. The minimum absolute atomic E-state index is 0.169. The number of hydrogen-bond donors (Lipinski definition) is 0. The normalized spacial score (nSPS) is 12.0. The van der Waals surface area contributed by atoms with Crippen LogP contribution in [0, 0.1) is 18.6 Å². The van der Waals surface area contributed by atoms with Gasteiger partial charge < -0.3 is 4.90 Å². The number of carbonyl (C=O) groups is 1. The first-order valence-electron chi connectivity index (χ1n) is 8.08. The molecule has 3 aromatic rings. The van der Waals surface area contributed by atoms with Crippen LogP contribution in [0.5, 0.6) is 0 Å². The minimum Gasteiger partial charge on any atom is -0.334 e. The molecule has 3 rings (SSSR count). The number of amides is 1. The molecule has 26 heavy (non-hydrogen) atoms. The van der Waals surface area contributed by atoms with Gasteiger partial charge in [-0.15, -0.1) is 5.10 Å². The van der Waals surface area contributed by atoms with Crippen LogP contribution in [-0.4, -0.2) is 32.8 Å². The Balaban J connectivity index is 1.80. The second kappa shape index (κ2) is 7.03.